The number of aryl methyl sites for hydroxylation is 1. The average molecular weight is 186 g/mol. The smallest absolute Gasteiger partial charge is 0.168 e. The van der Waals surface area contributed by atoms with Crippen LogP contribution in [0.3, 0.4) is 0 Å². The fourth-order valence-electron chi connectivity index (χ4n) is 1.18. The molecule has 0 atom stereocenters. The van der Waals surface area contributed by atoms with E-state index in [0.717, 1.165) is 6.07 Å². The summed E-state index contributed by atoms with van der Waals surface area (Å²) in [5, 5.41) is 0. The monoisotopic (exact) mass is 186 g/mol. The van der Waals surface area contributed by atoms with Crippen molar-refractivity contribution in [2.75, 3.05) is 6.61 Å². The van der Waals surface area contributed by atoms with Crippen LogP contribution in [0.15, 0.2) is 12.1 Å². The number of hydrogen-bond donors (Lipinski definition) is 0. The van der Waals surface area contributed by atoms with Gasteiger partial charge in [-0.15, -0.1) is 0 Å². The Balaban J connectivity index is 3.13. The lowest BCUT2D eigenvalue weighted by Crippen LogP contribution is -2.00. The first kappa shape index (κ1) is 9.96. The summed E-state index contributed by atoms with van der Waals surface area (Å²) in [4.78, 5) is 0. The van der Waals surface area contributed by atoms with Crippen LogP contribution in [0.4, 0.5) is 8.78 Å². The predicted molar refractivity (Wildman–Crippen MR) is 46.9 cm³/mol. The maximum atomic E-state index is 13.1. The van der Waals surface area contributed by atoms with Gasteiger partial charge in [0.15, 0.2) is 11.6 Å². The van der Waals surface area contributed by atoms with E-state index in [2.05, 4.69) is 0 Å². The molecule has 0 spiro atoms. The minimum absolute atomic E-state index is 0.173. The van der Waals surface area contributed by atoms with Gasteiger partial charge in [0.25, 0.3) is 0 Å². The van der Waals surface area contributed by atoms with Crippen LogP contribution in [0.5, 0.6) is 5.75 Å². The lowest BCUT2D eigenvalue weighted by atomic mass is 10.1. The van der Waals surface area contributed by atoms with Gasteiger partial charge in [0, 0.05) is 6.07 Å². The number of benzene rings is 1. The number of hydrogen-bond acceptors (Lipinski definition) is 1. The van der Waals surface area contributed by atoms with Gasteiger partial charge < -0.3 is 4.74 Å². The van der Waals surface area contributed by atoms with Gasteiger partial charge in [-0.05, 0) is 25.0 Å². The molecule has 0 N–H and O–H groups in total. The van der Waals surface area contributed by atoms with E-state index in [9.17, 15) is 8.78 Å². The van der Waals surface area contributed by atoms with Crippen molar-refractivity contribution in [3.05, 3.63) is 29.3 Å². The Morgan fingerprint density at radius 1 is 1.23 bits per heavy atom. The Kier molecular flexibility index (Phi) is 3.23. The Morgan fingerprint density at radius 3 is 2.46 bits per heavy atom. The molecule has 72 valence electrons. The fourth-order valence-corrected chi connectivity index (χ4v) is 1.18. The molecular weight excluding hydrogens is 174 g/mol. The SMILES string of the molecule is CCOc1c(F)cc(F)cc1CC. The molecule has 0 aliphatic heterocycles. The maximum Gasteiger partial charge on any atom is 0.168 e. The summed E-state index contributed by atoms with van der Waals surface area (Å²) >= 11 is 0. The minimum atomic E-state index is -0.626. The van der Waals surface area contributed by atoms with Crippen molar-refractivity contribution in [2.24, 2.45) is 0 Å². The molecule has 0 heterocycles. The Bertz CT molecular complexity index is 297. The van der Waals surface area contributed by atoms with Crippen LogP contribution >= 0.6 is 0 Å². The van der Waals surface area contributed by atoms with Gasteiger partial charge in [0.1, 0.15) is 5.82 Å². The van der Waals surface area contributed by atoms with E-state index in [-0.39, 0.29) is 5.75 Å². The van der Waals surface area contributed by atoms with Crippen molar-refractivity contribution in [3.63, 3.8) is 0 Å². The van der Waals surface area contributed by atoms with E-state index in [1.54, 1.807) is 6.92 Å². The summed E-state index contributed by atoms with van der Waals surface area (Å²) in [6.45, 7) is 3.98. The summed E-state index contributed by atoms with van der Waals surface area (Å²) in [6, 6.07) is 2.14. The summed E-state index contributed by atoms with van der Waals surface area (Å²) in [7, 11) is 0. The summed E-state index contributed by atoms with van der Waals surface area (Å²) in [5.74, 6) is -1.01. The molecule has 3 heteroatoms. The molecule has 0 aliphatic rings. The van der Waals surface area contributed by atoms with Gasteiger partial charge >= 0.3 is 0 Å². The molecule has 0 fully saturated rings. The highest BCUT2D eigenvalue weighted by Gasteiger charge is 2.10. The molecule has 0 radical (unpaired) electrons. The zero-order chi connectivity index (χ0) is 9.84. The van der Waals surface area contributed by atoms with Gasteiger partial charge in [0.05, 0.1) is 6.61 Å². The molecule has 0 saturated carbocycles. The minimum Gasteiger partial charge on any atom is -0.491 e. The van der Waals surface area contributed by atoms with Crippen LogP contribution in [0.25, 0.3) is 0 Å². The van der Waals surface area contributed by atoms with Crippen molar-refractivity contribution >= 4 is 0 Å². The van der Waals surface area contributed by atoms with Crippen molar-refractivity contribution in [1.29, 1.82) is 0 Å². The van der Waals surface area contributed by atoms with Crippen molar-refractivity contribution < 1.29 is 13.5 Å². The Labute approximate surface area is 76.3 Å². The molecule has 0 saturated heterocycles. The van der Waals surface area contributed by atoms with E-state index >= 15 is 0 Å². The highest BCUT2D eigenvalue weighted by Crippen LogP contribution is 2.24. The first-order chi connectivity index (χ1) is 6.19. The molecule has 0 aromatic heterocycles. The molecule has 0 amide bonds. The third-order valence-corrected chi connectivity index (χ3v) is 1.75. The van der Waals surface area contributed by atoms with Gasteiger partial charge in [-0.3, -0.25) is 0 Å². The van der Waals surface area contributed by atoms with Crippen LogP contribution in [-0.4, -0.2) is 6.61 Å². The Morgan fingerprint density at radius 2 is 1.92 bits per heavy atom. The van der Waals surface area contributed by atoms with E-state index in [0.29, 0.717) is 18.6 Å². The molecule has 0 aliphatic carbocycles. The molecule has 0 unspecified atom stereocenters. The van der Waals surface area contributed by atoms with E-state index in [1.165, 1.54) is 6.07 Å². The fraction of sp³-hybridized carbons (Fsp3) is 0.400. The molecular formula is C10H12F2O. The van der Waals surface area contributed by atoms with E-state index < -0.39 is 11.6 Å². The second-order valence-electron chi connectivity index (χ2n) is 2.66. The number of rotatable bonds is 3. The zero-order valence-corrected chi connectivity index (χ0v) is 7.73. The van der Waals surface area contributed by atoms with Crippen LogP contribution < -0.4 is 4.74 Å². The first-order valence-electron chi connectivity index (χ1n) is 4.29. The van der Waals surface area contributed by atoms with Gasteiger partial charge in [-0.2, -0.15) is 0 Å². The maximum absolute atomic E-state index is 13.1. The summed E-state index contributed by atoms with van der Waals surface area (Å²) in [5.41, 5.74) is 0.569. The van der Waals surface area contributed by atoms with Crippen molar-refractivity contribution in [1.82, 2.24) is 0 Å². The van der Waals surface area contributed by atoms with Crippen molar-refractivity contribution in [2.45, 2.75) is 20.3 Å². The first-order valence-corrected chi connectivity index (χ1v) is 4.29. The second kappa shape index (κ2) is 4.21. The normalized spacial score (nSPS) is 10.2. The lowest BCUT2D eigenvalue weighted by molar-refractivity contribution is 0.316. The number of ether oxygens (including phenoxy) is 1. The van der Waals surface area contributed by atoms with Crippen LogP contribution in [0.2, 0.25) is 0 Å². The third-order valence-electron chi connectivity index (χ3n) is 1.75. The second-order valence-corrected chi connectivity index (χ2v) is 2.66. The van der Waals surface area contributed by atoms with E-state index in [1.807, 2.05) is 6.92 Å². The van der Waals surface area contributed by atoms with Crippen LogP contribution in [0, 0.1) is 11.6 Å². The Hall–Kier alpha value is -1.12. The quantitative estimate of drug-likeness (QED) is 0.705. The zero-order valence-electron chi connectivity index (χ0n) is 7.73. The highest BCUT2D eigenvalue weighted by atomic mass is 19.1. The summed E-state index contributed by atoms with van der Waals surface area (Å²) < 4.78 is 30.9. The highest BCUT2D eigenvalue weighted by molar-refractivity contribution is 5.35. The summed E-state index contributed by atoms with van der Waals surface area (Å²) in [6.07, 6.45) is 0.560. The molecule has 1 nitrogen and oxygen atoms in total. The molecule has 13 heavy (non-hydrogen) atoms. The standard InChI is InChI=1S/C10H12F2O/c1-3-7-5-8(11)6-9(12)10(7)13-4-2/h5-6H,3-4H2,1-2H3. The molecule has 0 bridgehead atoms. The van der Waals surface area contributed by atoms with E-state index in [4.69, 9.17) is 4.74 Å². The third kappa shape index (κ3) is 2.17. The molecule has 1 aromatic carbocycles. The van der Waals surface area contributed by atoms with Crippen molar-refractivity contribution in [3.8, 4) is 5.75 Å². The molecule has 1 aromatic rings. The van der Waals surface area contributed by atoms with Gasteiger partial charge in [-0.25, -0.2) is 8.78 Å². The topological polar surface area (TPSA) is 9.23 Å². The molecule has 1 rings (SSSR count). The van der Waals surface area contributed by atoms with Gasteiger partial charge in [-0.1, -0.05) is 6.92 Å². The average Bonchev–Trinajstić information content (AvgIpc) is 2.09. The van der Waals surface area contributed by atoms with Crippen LogP contribution in [-0.2, 0) is 6.42 Å². The van der Waals surface area contributed by atoms with Crippen LogP contribution in [0.1, 0.15) is 19.4 Å². The number of halogens is 2. The largest absolute Gasteiger partial charge is 0.491 e. The predicted octanol–water partition coefficient (Wildman–Crippen LogP) is 2.93. The lowest BCUT2D eigenvalue weighted by Gasteiger charge is -2.09. The van der Waals surface area contributed by atoms with Gasteiger partial charge in [0.2, 0.25) is 0 Å².